The molecule has 150 valence electrons. The molecular weight excluding hydrogens is 439 g/mol. The second-order valence-corrected chi connectivity index (χ2v) is 9.06. The number of hydrogen-bond donors (Lipinski definition) is 2. The van der Waals surface area contributed by atoms with Gasteiger partial charge in [0.05, 0.1) is 21.2 Å². The number of aromatic hydroxyl groups is 2. The van der Waals surface area contributed by atoms with E-state index in [-0.39, 0.29) is 38.2 Å². The standard InChI is InChI=1S/C20H8Cl2O8/c21-4-1-3-9-7(11(4)23)13(25)16-18(28-16)20(9)29-6-2-5(22)12(24)8-10(6)19(3,30-20)17-15(27-17)14(8)26/h1-2,15-18,23-24H. The van der Waals surface area contributed by atoms with Crippen LogP contribution in [0, 0.1) is 0 Å². The zero-order chi connectivity index (χ0) is 20.5. The van der Waals surface area contributed by atoms with Crippen LogP contribution in [-0.4, -0.2) is 46.2 Å². The number of carbonyl (C=O) groups excluding carboxylic acids is 2. The largest absolute Gasteiger partial charge is 0.506 e. The summed E-state index contributed by atoms with van der Waals surface area (Å²) in [4.78, 5) is 25.9. The highest BCUT2D eigenvalue weighted by Crippen LogP contribution is 2.72. The Bertz CT molecular complexity index is 1340. The van der Waals surface area contributed by atoms with Crippen LogP contribution in [0.5, 0.6) is 17.2 Å². The minimum absolute atomic E-state index is 0.0214. The van der Waals surface area contributed by atoms with Gasteiger partial charge in [-0.05, 0) is 6.07 Å². The van der Waals surface area contributed by atoms with Crippen molar-refractivity contribution in [3.63, 3.8) is 0 Å². The molecule has 8 nitrogen and oxygen atoms in total. The van der Waals surface area contributed by atoms with Crippen molar-refractivity contribution in [2.75, 3.05) is 0 Å². The Morgan fingerprint density at radius 3 is 2.20 bits per heavy atom. The smallest absolute Gasteiger partial charge is 0.269 e. The number of phenolic OH excluding ortho intramolecular Hbond substituents is 2. The van der Waals surface area contributed by atoms with Gasteiger partial charge in [0.2, 0.25) is 0 Å². The molecule has 0 amide bonds. The fraction of sp³-hybridized carbons (Fsp3) is 0.300. The summed E-state index contributed by atoms with van der Waals surface area (Å²) in [6, 6.07) is 2.90. The van der Waals surface area contributed by atoms with Crippen LogP contribution in [0.4, 0.5) is 0 Å². The highest BCUT2D eigenvalue weighted by molar-refractivity contribution is 6.34. The van der Waals surface area contributed by atoms with Gasteiger partial charge in [-0.15, -0.1) is 0 Å². The maximum atomic E-state index is 12.9. The third kappa shape index (κ3) is 1.37. The monoisotopic (exact) mass is 446 g/mol. The van der Waals surface area contributed by atoms with E-state index in [9.17, 15) is 19.8 Å². The summed E-state index contributed by atoms with van der Waals surface area (Å²) in [5, 5.41) is 21.1. The fourth-order valence-electron chi connectivity index (χ4n) is 5.72. The lowest BCUT2D eigenvalue weighted by atomic mass is 9.72. The molecule has 2 saturated heterocycles. The molecule has 2 aromatic rings. The van der Waals surface area contributed by atoms with Gasteiger partial charge in [0.1, 0.15) is 23.4 Å². The Labute approximate surface area is 176 Å². The Balaban J connectivity index is 1.59. The average Bonchev–Trinajstić information content (AvgIpc) is 3.60. The molecule has 2 spiro atoms. The molecule has 2 aromatic carbocycles. The third-order valence-corrected chi connectivity index (χ3v) is 7.51. The SMILES string of the molecule is O=C1c2c(O)c(Cl)cc3c2C2(Oc4cc(Cl)c(O)c5c4C3(O2)C2OC2C5=O)C2OC12. The van der Waals surface area contributed by atoms with Gasteiger partial charge in [0.25, 0.3) is 5.79 Å². The maximum absolute atomic E-state index is 12.9. The molecule has 2 aliphatic carbocycles. The van der Waals surface area contributed by atoms with Gasteiger partial charge >= 0.3 is 0 Å². The zero-order valence-corrected chi connectivity index (χ0v) is 16.1. The molecule has 8 rings (SSSR count). The van der Waals surface area contributed by atoms with Crippen LogP contribution in [0.1, 0.15) is 37.4 Å². The number of ketones is 2. The van der Waals surface area contributed by atoms with Gasteiger partial charge in [-0.25, -0.2) is 0 Å². The van der Waals surface area contributed by atoms with E-state index >= 15 is 0 Å². The van der Waals surface area contributed by atoms with Crippen LogP contribution < -0.4 is 4.74 Å². The topological polar surface area (TPSA) is 118 Å². The van der Waals surface area contributed by atoms with E-state index in [0.717, 1.165) is 0 Å². The number of benzene rings is 2. The number of ether oxygens (including phenoxy) is 4. The number of carbonyl (C=O) groups is 2. The van der Waals surface area contributed by atoms with E-state index in [1.807, 2.05) is 0 Å². The van der Waals surface area contributed by atoms with E-state index in [2.05, 4.69) is 0 Å². The van der Waals surface area contributed by atoms with Crippen molar-refractivity contribution in [2.24, 2.45) is 0 Å². The van der Waals surface area contributed by atoms with E-state index in [1.54, 1.807) is 0 Å². The molecule has 2 fully saturated rings. The van der Waals surface area contributed by atoms with Crippen LogP contribution in [0.3, 0.4) is 0 Å². The number of phenols is 2. The Kier molecular flexibility index (Phi) is 2.36. The van der Waals surface area contributed by atoms with Gasteiger partial charge in [0, 0.05) is 22.8 Å². The van der Waals surface area contributed by atoms with Crippen LogP contribution >= 0.6 is 23.2 Å². The first-order valence-electron chi connectivity index (χ1n) is 9.22. The predicted octanol–water partition coefficient (Wildman–Crippen LogP) is 2.15. The van der Waals surface area contributed by atoms with E-state index < -0.39 is 53.1 Å². The molecule has 0 radical (unpaired) electrons. The van der Waals surface area contributed by atoms with Gasteiger partial charge in [-0.3, -0.25) is 9.59 Å². The Hall–Kier alpha value is -2.36. The lowest BCUT2D eigenvalue weighted by molar-refractivity contribution is -0.262. The Morgan fingerprint density at radius 2 is 1.47 bits per heavy atom. The summed E-state index contributed by atoms with van der Waals surface area (Å²) in [6.45, 7) is 0. The van der Waals surface area contributed by atoms with Crippen LogP contribution in [0.25, 0.3) is 0 Å². The summed E-state index contributed by atoms with van der Waals surface area (Å²) < 4.78 is 24.1. The van der Waals surface area contributed by atoms with E-state index in [4.69, 9.17) is 42.1 Å². The first-order valence-corrected chi connectivity index (χ1v) is 9.97. The van der Waals surface area contributed by atoms with Gasteiger partial charge < -0.3 is 29.2 Å². The van der Waals surface area contributed by atoms with Crippen molar-refractivity contribution in [1.29, 1.82) is 0 Å². The molecule has 4 aliphatic heterocycles. The molecule has 30 heavy (non-hydrogen) atoms. The number of Topliss-reactive ketones (excluding diaryl/α,β-unsaturated/α-hetero) is 2. The molecule has 10 heteroatoms. The number of hydrogen-bond acceptors (Lipinski definition) is 8. The first kappa shape index (κ1) is 16.3. The van der Waals surface area contributed by atoms with Crippen molar-refractivity contribution in [3.8, 4) is 17.2 Å². The molecule has 6 atom stereocenters. The quantitative estimate of drug-likeness (QED) is 0.590. The van der Waals surface area contributed by atoms with E-state index in [1.165, 1.54) is 12.1 Å². The molecule has 4 heterocycles. The first-order chi connectivity index (χ1) is 14.3. The number of halogens is 2. The lowest BCUT2D eigenvalue weighted by Gasteiger charge is -2.43. The summed E-state index contributed by atoms with van der Waals surface area (Å²) >= 11 is 12.5. The van der Waals surface area contributed by atoms with Gasteiger partial charge in [-0.1, -0.05) is 23.2 Å². The number of rotatable bonds is 0. The maximum Gasteiger partial charge on any atom is 0.269 e. The predicted molar refractivity (Wildman–Crippen MR) is 96.4 cm³/mol. The second kappa shape index (κ2) is 4.32. The highest BCUT2D eigenvalue weighted by atomic mass is 35.5. The van der Waals surface area contributed by atoms with Crippen LogP contribution in [0.2, 0.25) is 10.0 Å². The number of epoxide rings is 2. The second-order valence-electron chi connectivity index (χ2n) is 8.25. The van der Waals surface area contributed by atoms with Crippen molar-refractivity contribution in [3.05, 3.63) is 50.0 Å². The van der Waals surface area contributed by atoms with Gasteiger partial charge in [-0.2, -0.15) is 0 Å². The Morgan fingerprint density at radius 1 is 0.867 bits per heavy atom. The molecule has 6 aliphatic rings. The van der Waals surface area contributed by atoms with Crippen molar-refractivity contribution in [2.45, 2.75) is 35.8 Å². The highest BCUT2D eigenvalue weighted by Gasteiger charge is 2.81. The minimum Gasteiger partial charge on any atom is -0.506 e. The molecule has 2 N–H and O–H groups in total. The molecule has 0 aromatic heterocycles. The van der Waals surface area contributed by atoms with E-state index in [0.29, 0.717) is 11.1 Å². The molecule has 6 unspecified atom stereocenters. The molecular formula is C20H8Cl2O8. The van der Waals surface area contributed by atoms with Gasteiger partial charge in [0.15, 0.2) is 35.5 Å². The molecule has 0 saturated carbocycles. The summed E-state index contributed by atoms with van der Waals surface area (Å²) in [5.74, 6) is -2.92. The average molecular weight is 447 g/mol. The fourth-order valence-corrected chi connectivity index (χ4v) is 6.12. The summed E-state index contributed by atoms with van der Waals surface area (Å²) in [7, 11) is 0. The lowest BCUT2D eigenvalue weighted by Crippen LogP contribution is -2.53. The minimum atomic E-state index is -1.53. The zero-order valence-electron chi connectivity index (χ0n) is 14.6. The van der Waals surface area contributed by atoms with Crippen LogP contribution in [0.15, 0.2) is 12.1 Å². The summed E-state index contributed by atoms with van der Waals surface area (Å²) in [6.07, 6.45) is -3.14. The van der Waals surface area contributed by atoms with Crippen molar-refractivity contribution in [1.82, 2.24) is 0 Å². The number of fused-ring (bicyclic) bond motifs is 2. The van der Waals surface area contributed by atoms with Crippen molar-refractivity contribution >= 4 is 34.8 Å². The third-order valence-electron chi connectivity index (χ3n) is 6.93. The normalized spacial score (nSPS) is 39.5. The summed E-state index contributed by atoms with van der Waals surface area (Å²) in [5.41, 5.74) is -0.388. The van der Waals surface area contributed by atoms with Crippen LogP contribution in [-0.2, 0) is 25.6 Å². The van der Waals surface area contributed by atoms with Crippen molar-refractivity contribution < 1.29 is 38.7 Å². The molecule has 2 bridgehead atoms.